The second-order valence-electron chi connectivity index (χ2n) is 4.43. The minimum absolute atomic E-state index is 0. The molecule has 0 radical (unpaired) electrons. The van der Waals surface area contributed by atoms with Crippen molar-refractivity contribution < 1.29 is 4.39 Å². The van der Waals surface area contributed by atoms with Crippen molar-refractivity contribution in [3.8, 4) is 0 Å². The van der Waals surface area contributed by atoms with E-state index in [4.69, 9.17) is 0 Å². The van der Waals surface area contributed by atoms with Gasteiger partial charge in [-0.05, 0) is 31.0 Å². The van der Waals surface area contributed by atoms with E-state index in [2.05, 4.69) is 22.2 Å². The molecule has 0 amide bonds. The summed E-state index contributed by atoms with van der Waals surface area (Å²) in [4.78, 5) is 4.51. The number of aliphatic imine (C=N–C) groups is 1. The lowest BCUT2D eigenvalue weighted by Crippen LogP contribution is -2.38. The maximum Gasteiger partial charge on any atom is 0.191 e. The lowest BCUT2D eigenvalue weighted by atomic mass is 10.1. The lowest BCUT2D eigenvalue weighted by molar-refractivity contribution is 0.626. The van der Waals surface area contributed by atoms with Crippen molar-refractivity contribution in [2.75, 3.05) is 31.1 Å². The Kier molecular flexibility index (Phi) is 13.4. The van der Waals surface area contributed by atoms with E-state index >= 15 is 0 Å². The Morgan fingerprint density at radius 2 is 2.05 bits per heavy atom. The summed E-state index contributed by atoms with van der Waals surface area (Å²) < 4.78 is 12.8. The second kappa shape index (κ2) is 13.9. The first-order valence-corrected chi connectivity index (χ1v) is 8.37. The number of nitrogens with one attached hydrogen (secondary N) is 2. The van der Waals surface area contributed by atoms with Crippen LogP contribution in [0.15, 0.2) is 41.9 Å². The second-order valence-corrected chi connectivity index (χ2v) is 5.58. The van der Waals surface area contributed by atoms with Gasteiger partial charge in [0.05, 0.1) is 6.54 Å². The quantitative estimate of drug-likeness (QED) is 0.204. The van der Waals surface area contributed by atoms with Crippen LogP contribution in [0.2, 0.25) is 0 Å². The van der Waals surface area contributed by atoms with Crippen LogP contribution in [0.3, 0.4) is 0 Å². The fraction of sp³-hybridized carbons (Fsp3) is 0.438. The molecular weight excluding hydrogens is 412 g/mol. The number of hydrogen-bond acceptors (Lipinski definition) is 2. The lowest BCUT2D eigenvalue weighted by Gasteiger charge is -2.11. The van der Waals surface area contributed by atoms with Crippen LogP contribution < -0.4 is 10.6 Å². The van der Waals surface area contributed by atoms with E-state index in [1.165, 1.54) is 12.1 Å². The number of hydrogen-bond donors (Lipinski definition) is 2. The Hall–Kier alpha value is -0.760. The van der Waals surface area contributed by atoms with Crippen molar-refractivity contribution in [1.82, 2.24) is 10.6 Å². The molecule has 0 aliphatic carbocycles. The van der Waals surface area contributed by atoms with Gasteiger partial charge in [-0.15, -0.1) is 30.6 Å². The molecule has 0 aliphatic rings. The van der Waals surface area contributed by atoms with Crippen LogP contribution in [0, 0.1) is 5.82 Å². The molecule has 3 nitrogen and oxygen atoms in total. The third-order valence-corrected chi connectivity index (χ3v) is 3.65. The Bertz CT molecular complexity index is 438. The van der Waals surface area contributed by atoms with Crippen molar-refractivity contribution in [2.45, 2.75) is 13.3 Å². The summed E-state index contributed by atoms with van der Waals surface area (Å²) in [6.45, 7) is 8.13. The molecule has 0 saturated heterocycles. The Morgan fingerprint density at radius 1 is 1.32 bits per heavy atom. The largest absolute Gasteiger partial charge is 0.357 e. The summed E-state index contributed by atoms with van der Waals surface area (Å²) in [5.41, 5.74) is 1.11. The number of guanidine groups is 1. The molecule has 0 bridgehead atoms. The Morgan fingerprint density at radius 3 is 2.68 bits per heavy atom. The van der Waals surface area contributed by atoms with E-state index in [-0.39, 0.29) is 29.8 Å². The van der Waals surface area contributed by atoms with E-state index in [1.54, 1.807) is 0 Å². The van der Waals surface area contributed by atoms with Gasteiger partial charge in [-0.3, -0.25) is 4.99 Å². The molecule has 2 N–H and O–H groups in total. The standard InChI is InChI=1S/C16H24FN3S.HI/c1-3-12-21-13-11-20-16(18-4-2)19-10-9-14-5-7-15(17)8-6-14;/h3,5-8H,1,4,9-13H2,2H3,(H2,18,19,20);1H. The highest BCUT2D eigenvalue weighted by molar-refractivity contribution is 14.0. The molecule has 0 unspecified atom stereocenters. The van der Waals surface area contributed by atoms with Gasteiger partial charge in [0.1, 0.15) is 5.82 Å². The maximum absolute atomic E-state index is 12.8. The van der Waals surface area contributed by atoms with Crippen LogP contribution in [-0.2, 0) is 6.42 Å². The summed E-state index contributed by atoms with van der Waals surface area (Å²) >= 11 is 1.82. The number of thioether (sulfide) groups is 1. The van der Waals surface area contributed by atoms with Gasteiger partial charge in [-0.25, -0.2) is 4.39 Å². The first-order valence-electron chi connectivity index (χ1n) is 7.21. The van der Waals surface area contributed by atoms with Gasteiger partial charge in [0.15, 0.2) is 5.96 Å². The van der Waals surface area contributed by atoms with Crippen LogP contribution in [0.5, 0.6) is 0 Å². The van der Waals surface area contributed by atoms with E-state index < -0.39 is 0 Å². The summed E-state index contributed by atoms with van der Waals surface area (Å²) in [5.74, 6) is 2.59. The van der Waals surface area contributed by atoms with Crippen molar-refractivity contribution in [1.29, 1.82) is 0 Å². The highest BCUT2D eigenvalue weighted by atomic mass is 127. The maximum atomic E-state index is 12.8. The monoisotopic (exact) mass is 437 g/mol. The van der Waals surface area contributed by atoms with Gasteiger partial charge < -0.3 is 10.6 Å². The normalized spacial score (nSPS) is 10.7. The van der Waals surface area contributed by atoms with E-state index in [1.807, 2.05) is 36.9 Å². The topological polar surface area (TPSA) is 36.4 Å². The van der Waals surface area contributed by atoms with Gasteiger partial charge in [0.25, 0.3) is 0 Å². The SMILES string of the molecule is C=CCSCCN=C(NCC)NCCc1ccc(F)cc1.I. The van der Waals surface area contributed by atoms with Crippen LogP contribution in [0.1, 0.15) is 12.5 Å². The predicted molar refractivity (Wildman–Crippen MR) is 107 cm³/mol. The minimum Gasteiger partial charge on any atom is -0.357 e. The summed E-state index contributed by atoms with van der Waals surface area (Å²) in [7, 11) is 0. The molecule has 0 saturated carbocycles. The molecule has 0 aromatic heterocycles. The number of nitrogens with zero attached hydrogens (tertiary/aromatic N) is 1. The van der Waals surface area contributed by atoms with Crippen molar-refractivity contribution in [3.63, 3.8) is 0 Å². The molecule has 124 valence electrons. The first-order chi connectivity index (χ1) is 10.3. The van der Waals surface area contributed by atoms with Gasteiger partial charge in [0.2, 0.25) is 0 Å². The van der Waals surface area contributed by atoms with Crippen LogP contribution in [0.25, 0.3) is 0 Å². The molecule has 1 aromatic carbocycles. The summed E-state index contributed by atoms with van der Waals surface area (Å²) in [5, 5.41) is 6.51. The zero-order valence-corrected chi connectivity index (χ0v) is 16.1. The number of halogens is 2. The summed E-state index contributed by atoms with van der Waals surface area (Å²) in [6.07, 6.45) is 2.75. The molecule has 0 atom stereocenters. The number of benzene rings is 1. The molecule has 0 aliphatic heterocycles. The first kappa shape index (κ1) is 21.2. The summed E-state index contributed by atoms with van der Waals surface area (Å²) in [6, 6.07) is 6.61. The van der Waals surface area contributed by atoms with Crippen molar-refractivity contribution in [2.24, 2.45) is 4.99 Å². The molecule has 0 spiro atoms. The van der Waals surface area contributed by atoms with Gasteiger partial charge >= 0.3 is 0 Å². The molecule has 1 aromatic rings. The Balaban J connectivity index is 0.00000441. The third-order valence-electron chi connectivity index (χ3n) is 2.70. The smallest absolute Gasteiger partial charge is 0.191 e. The fourth-order valence-electron chi connectivity index (χ4n) is 1.71. The van der Waals surface area contributed by atoms with Crippen LogP contribution in [-0.4, -0.2) is 37.1 Å². The van der Waals surface area contributed by atoms with E-state index in [0.717, 1.165) is 49.1 Å². The zero-order chi connectivity index (χ0) is 15.3. The predicted octanol–water partition coefficient (Wildman–Crippen LogP) is 3.46. The minimum atomic E-state index is -0.196. The molecule has 0 fully saturated rings. The van der Waals surface area contributed by atoms with Gasteiger partial charge in [0, 0.05) is 24.6 Å². The highest BCUT2D eigenvalue weighted by Crippen LogP contribution is 2.02. The van der Waals surface area contributed by atoms with Crippen molar-refractivity contribution >= 4 is 41.7 Å². The average molecular weight is 437 g/mol. The molecular formula is C16H25FIN3S. The molecule has 1 rings (SSSR count). The highest BCUT2D eigenvalue weighted by Gasteiger charge is 1.98. The van der Waals surface area contributed by atoms with Crippen LogP contribution >= 0.6 is 35.7 Å². The van der Waals surface area contributed by atoms with Gasteiger partial charge in [-0.2, -0.15) is 11.8 Å². The molecule has 22 heavy (non-hydrogen) atoms. The number of rotatable bonds is 9. The fourth-order valence-corrected chi connectivity index (χ4v) is 2.26. The zero-order valence-electron chi connectivity index (χ0n) is 13.0. The molecule has 0 heterocycles. The average Bonchev–Trinajstić information content (AvgIpc) is 2.49. The van der Waals surface area contributed by atoms with E-state index in [9.17, 15) is 4.39 Å². The van der Waals surface area contributed by atoms with Crippen LogP contribution in [0.4, 0.5) is 4.39 Å². The van der Waals surface area contributed by atoms with Gasteiger partial charge in [-0.1, -0.05) is 18.2 Å². The van der Waals surface area contributed by atoms with Crippen molar-refractivity contribution in [3.05, 3.63) is 48.3 Å². The molecule has 6 heteroatoms. The van der Waals surface area contributed by atoms with E-state index in [0.29, 0.717) is 0 Å². The third kappa shape index (κ3) is 10.0. The Labute approximate surface area is 154 Å².